The number of benzene rings is 1. The van der Waals surface area contributed by atoms with Gasteiger partial charge in [0.25, 0.3) is 5.91 Å². The van der Waals surface area contributed by atoms with Gasteiger partial charge < -0.3 is 23.9 Å². The van der Waals surface area contributed by atoms with Crippen molar-refractivity contribution in [1.29, 1.82) is 0 Å². The number of halogens is 1. The molecule has 2 aromatic rings. The van der Waals surface area contributed by atoms with E-state index in [0.717, 1.165) is 62.2 Å². The number of nitrogens with one attached hydrogen (secondary N) is 1. The van der Waals surface area contributed by atoms with Crippen LogP contribution >= 0.6 is 0 Å². The lowest BCUT2D eigenvalue weighted by Gasteiger charge is -2.25. The molecular weight excluding hydrogens is 676 g/mol. The van der Waals surface area contributed by atoms with Crippen LogP contribution in [0.25, 0.3) is 16.5 Å². The van der Waals surface area contributed by atoms with E-state index in [0.29, 0.717) is 67.6 Å². The molecule has 1 fully saturated rings. The van der Waals surface area contributed by atoms with Crippen LogP contribution in [0, 0.1) is 5.92 Å². The maximum absolute atomic E-state index is 13.6. The van der Waals surface area contributed by atoms with Crippen molar-refractivity contribution in [3.8, 4) is 0 Å². The molecule has 12 heteroatoms. The Morgan fingerprint density at radius 1 is 1.08 bits per heavy atom. The molecule has 1 atom stereocenters. The molecule has 4 rings (SSSR count). The molecule has 0 bridgehead atoms. The number of hydrogen-bond acceptors (Lipinski definition) is 8. The fraction of sp³-hybridized carbons (Fsp3) is 0.487. The number of anilines is 1. The first-order chi connectivity index (χ1) is 24.6. The fourth-order valence-corrected chi connectivity index (χ4v) is 6.94. The van der Waals surface area contributed by atoms with Crippen molar-refractivity contribution in [3.63, 3.8) is 0 Å². The molecule has 1 aromatic carbocycles. The van der Waals surface area contributed by atoms with Gasteiger partial charge in [0, 0.05) is 43.9 Å². The average molecular weight is 727 g/mol. The quantitative estimate of drug-likeness (QED) is 0.0621. The molecular formula is C39H51FN2O8S. The van der Waals surface area contributed by atoms with Crippen LogP contribution in [0.4, 0.5) is 10.1 Å². The summed E-state index contributed by atoms with van der Waals surface area (Å²) in [7, 11) is -2.20. The van der Waals surface area contributed by atoms with E-state index in [9.17, 15) is 22.4 Å². The van der Waals surface area contributed by atoms with Gasteiger partial charge in [-0.25, -0.2) is 12.8 Å². The summed E-state index contributed by atoms with van der Waals surface area (Å²) >= 11 is 0. The number of carbonyl (C=O) groups excluding carboxylic acids is 2. The molecule has 0 aliphatic heterocycles. The smallest absolute Gasteiger partial charge is 0.255 e. The Hall–Kier alpha value is -3.84. The Balaban J connectivity index is 1.31. The summed E-state index contributed by atoms with van der Waals surface area (Å²) in [6, 6.07) is 3.51. The summed E-state index contributed by atoms with van der Waals surface area (Å²) < 4.78 is 64.5. The number of fused-ring (bicyclic) bond motifs is 1. The Bertz CT molecular complexity index is 1750. The number of furan rings is 1. The number of sulfonamides is 1. The van der Waals surface area contributed by atoms with E-state index >= 15 is 0 Å². The van der Waals surface area contributed by atoms with Gasteiger partial charge >= 0.3 is 0 Å². The van der Waals surface area contributed by atoms with Crippen molar-refractivity contribution in [3.05, 3.63) is 83.5 Å². The Morgan fingerprint density at radius 2 is 1.80 bits per heavy atom. The van der Waals surface area contributed by atoms with Gasteiger partial charge in [-0.1, -0.05) is 30.9 Å². The van der Waals surface area contributed by atoms with Crippen LogP contribution < -0.4 is 9.62 Å². The molecule has 1 unspecified atom stereocenters. The highest BCUT2D eigenvalue weighted by molar-refractivity contribution is 7.92. The first-order valence-electron chi connectivity index (χ1n) is 17.6. The van der Waals surface area contributed by atoms with Crippen LogP contribution in [-0.2, 0) is 29.0 Å². The number of amides is 1. The second-order valence-electron chi connectivity index (χ2n) is 12.8. The lowest BCUT2D eigenvalue weighted by atomic mass is 9.93. The van der Waals surface area contributed by atoms with E-state index in [1.165, 1.54) is 36.5 Å². The number of nitrogens with zero attached hydrogens (tertiary/aromatic N) is 1. The summed E-state index contributed by atoms with van der Waals surface area (Å²) in [6.45, 7) is 7.79. The van der Waals surface area contributed by atoms with E-state index in [-0.39, 0.29) is 36.3 Å². The maximum atomic E-state index is 13.6. The first kappa shape index (κ1) is 39.9. The lowest BCUT2D eigenvalue weighted by molar-refractivity contribution is -0.105. The maximum Gasteiger partial charge on any atom is 0.255 e. The highest BCUT2D eigenvalue weighted by Crippen LogP contribution is 2.47. The SMILES string of the molecule is C=C/C(=C\C=C(/C)F)c1oc2cc(N(CCOCCCOCCOCCC3/C=C\CC/C=C(/C=O)C3)S(C)(=O)=O)c(C3CC3)cc2c1C(=O)NC. The molecule has 1 heterocycles. The van der Waals surface area contributed by atoms with E-state index < -0.39 is 15.9 Å². The predicted molar refractivity (Wildman–Crippen MR) is 199 cm³/mol. The third kappa shape index (κ3) is 11.8. The van der Waals surface area contributed by atoms with Gasteiger partial charge in [0.05, 0.1) is 49.7 Å². The van der Waals surface area contributed by atoms with E-state index in [1.807, 2.05) is 12.1 Å². The van der Waals surface area contributed by atoms with Crippen molar-refractivity contribution in [2.75, 3.05) is 63.8 Å². The molecule has 10 nitrogen and oxygen atoms in total. The van der Waals surface area contributed by atoms with E-state index in [4.69, 9.17) is 18.6 Å². The Labute approximate surface area is 301 Å². The van der Waals surface area contributed by atoms with Gasteiger partial charge in [0.15, 0.2) is 0 Å². The Kier molecular flexibility index (Phi) is 15.4. The minimum Gasteiger partial charge on any atom is -0.455 e. The molecule has 2 aliphatic rings. The van der Waals surface area contributed by atoms with Crippen molar-refractivity contribution < 1.29 is 41.0 Å². The number of ether oxygens (including phenoxy) is 3. The average Bonchev–Trinajstić information content (AvgIpc) is 3.87. The molecule has 0 spiro atoms. The topological polar surface area (TPSA) is 124 Å². The van der Waals surface area contributed by atoms with Gasteiger partial charge in [-0.3, -0.25) is 13.9 Å². The number of hydrogen-bond donors (Lipinski definition) is 1. The minimum absolute atomic E-state index is 0.0906. The second-order valence-corrected chi connectivity index (χ2v) is 14.7. The van der Waals surface area contributed by atoms with Gasteiger partial charge in [-0.15, -0.1) is 0 Å². The summed E-state index contributed by atoms with van der Waals surface area (Å²) in [4.78, 5) is 24.3. The van der Waals surface area contributed by atoms with Crippen LogP contribution in [0.3, 0.4) is 0 Å². The minimum atomic E-state index is -3.71. The second kappa shape index (κ2) is 19.7. The van der Waals surface area contributed by atoms with Gasteiger partial charge in [0.1, 0.15) is 17.6 Å². The molecule has 2 aliphatic carbocycles. The molecule has 0 saturated heterocycles. The zero-order valence-electron chi connectivity index (χ0n) is 30.0. The number of rotatable bonds is 21. The number of allylic oxidation sites excluding steroid dienone is 9. The molecule has 1 N–H and O–H groups in total. The zero-order valence-corrected chi connectivity index (χ0v) is 30.8. The first-order valence-corrected chi connectivity index (χ1v) is 19.4. The lowest BCUT2D eigenvalue weighted by Crippen LogP contribution is -2.34. The molecule has 1 amide bonds. The third-order valence-corrected chi connectivity index (χ3v) is 9.95. The van der Waals surface area contributed by atoms with Crippen LogP contribution in [-0.4, -0.2) is 80.1 Å². The van der Waals surface area contributed by atoms with Crippen molar-refractivity contribution in [2.24, 2.45) is 5.92 Å². The Morgan fingerprint density at radius 3 is 2.45 bits per heavy atom. The van der Waals surface area contributed by atoms with Gasteiger partial charge in [-0.2, -0.15) is 0 Å². The predicted octanol–water partition coefficient (Wildman–Crippen LogP) is 7.19. The van der Waals surface area contributed by atoms with Crippen LogP contribution in [0.1, 0.15) is 79.5 Å². The zero-order chi connectivity index (χ0) is 36.8. The van der Waals surface area contributed by atoms with Crippen LogP contribution in [0.5, 0.6) is 0 Å². The standard InChI is InChI=1S/C39H51FN2O8S/c1-5-31(13-12-28(2)40)38-37(39(44)41-3)34-25-33(32-14-15-32)35(26-36(34)50-38)42(51(4,45)46)17-21-47-18-9-19-48-22-23-49-20-16-29-10-7-6-8-11-30(24-29)27-43/h5,7,10-13,25-27,29,32H,1,6,8-9,14-24H2,2-4H3,(H,41,44)/b10-7-,28-12+,30-11+,31-13+. The number of carbonyl (C=O) groups is 2. The van der Waals surface area contributed by atoms with Crippen LogP contribution in [0.15, 0.2) is 71.0 Å². The molecule has 51 heavy (non-hydrogen) atoms. The van der Waals surface area contributed by atoms with Crippen molar-refractivity contribution in [1.82, 2.24) is 5.32 Å². The highest BCUT2D eigenvalue weighted by atomic mass is 32.2. The van der Waals surface area contributed by atoms with Crippen LogP contribution in [0.2, 0.25) is 0 Å². The largest absolute Gasteiger partial charge is 0.455 e. The fourth-order valence-electron chi connectivity index (χ4n) is 6.02. The molecule has 1 aromatic heterocycles. The normalized spacial score (nSPS) is 18.8. The summed E-state index contributed by atoms with van der Waals surface area (Å²) in [5.74, 6) is -0.150. The van der Waals surface area contributed by atoms with Crippen molar-refractivity contribution in [2.45, 2.75) is 57.8 Å². The van der Waals surface area contributed by atoms with Gasteiger partial charge in [0.2, 0.25) is 10.0 Å². The third-order valence-electron chi connectivity index (χ3n) is 8.77. The highest BCUT2D eigenvalue weighted by Gasteiger charge is 2.33. The monoisotopic (exact) mass is 726 g/mol. The van der Waals surface area contributed by atoms with Crippen molar-refractivity contribution >= 4 is 44.4 Å². The summed E-state index contributed by atoms with van der Waals surface area (Å²) in [5.41, 5.74) is 3.17. The van der Waals surface area contributed by atoms with E-state index in [1.54, 1.807) is 6.07 Å². The molecule has 0 radical (unpaired) electrons. The summed E-state index contributed by atoms with van der Waals surface area (Å²) in [5, 5.41) is 3.19. The molecule has 1 saturated carbocycles. The summed E-state index contributed by atoms with van der Waals surface area (Å²) in [6.07, 6.45) is 18.6. The number of aldehydes is 1. The molecule has 278 valence electrons. The van der Waals surface area contributed by atoms with Gasteiger partial charge in [-0.05, 0) is 93.1 Å². The van der Waals surface area contributed by atoms with E-state index in [2.05, 4.69) is 24.0 Å².